The fourth-order valence-electron chi connectivity index (χ4n) is 1.82. The van der Waals surface area contributed by atoms with E-state index in [1.165, 1.54) is 0 Å². The van der Waals surface area contributed by atoms with Gasteiger partial charge in [-0.2, -0.15) is 0 Å². The van der Waals surface area contributed by atoms with Crippen molar-refractivity contribution in [3.8, 4) is 0 Å². The van der Waals surface area contributed by atoms with Crippen LogP contribution in [0.2, 0.25) is 0 Å². The number of hydrogen-bond donors (Lipinski definition) is 1. The van der Waals surface area contributed by atoms with Crippen molar-refractivity contribution in [3.63, 3.8) is 0 Å². The van der Waals surface area contributed by atoms with Gasteiger partial charge in [0.05, 0.1) is 6.04 Å². The Labute approximate surface area is 98.8 Å². The lowest BCUT2D eigenvalue weighted by molar-refractivity contribution is -0.137. The summed E-state index contributed by atoms with van der Waals surface area (Å²) in [5, 5.41) is 0. The van der Waals surface area contributed by atoms with Crippen molar-refractivity contribution in [2.75, 3.05) is 26.7 Å². The van der Waals surface area contributed by atoms with Gasteiger partial charge >= 0.3 is 0 Å². The van der Waals surface area contributed by atoms with Crippen LogP contribution in [0.1, 0.15) is 27.7 Å². The van der Waals surface area contributed by atoms with Crippen molar-refractivity contribution >= 4 is 5.91 Å². The Balaban J connectivity index is 2.62. The molecule has 1 aliphatic heterocycles. The molecule has 1 fully saturated rings. The topological polar surface area (TPSA) is 49.6 Å². The molecule has 2 unspecified atom stereocenters. The maximum Gasteiger partial charge on any atom is 0.240 e. The van der Waals surface area contributed by atoms with E-state index >= 15 is 0 Å². The Morgan fingerprint density at radius 1 is 1.38 bits per heavy atom. The molecule has 0 aromatic rings. The second-order valence-corrected chi connectivity index (χ2v) is 5.96. The molecule has 2 N–H and O–H groups in total. The summed E-state index contributed by atoms with van der Waals surface area (Å²) in [4.78, 5) is 16.4. The Morgan fingerprint density at radius 2 is 1.94 bits per heavy atom. The quantitative estimate of drug-likeness (QED) is 0.710. The van der Waals surface area contributed by atoms with E-state index < -0.39 is 6.04 Å². The number of nitrogens with two attached hydrogens (primary N) is 1. The first-order valence-corrected chi connectivity index (χ1v) is 5.98. The first-order valence-electron chi connectivity index (χ1n) is 5.98. The highest BCUT2D eigenvalue weighted by atomic mass is 16.2. The number of carbonyl (C=O) groups excluding carboxylic acids is 1. The number of rotatable bonds is 1. The molecule has 0 saturated carbocycles. The Morgan fingerprint density at radius 3 is 2.38 bits per heavy atom. The molecule has 2 atom stereocenters. The van der Waals surface area contributed by atoms with E-state index in [0.29, 0.717) is 6.04 Å². The van der Waals surface area contributed by atoms with E-state index in [4.69, 9.17) is 5.73 Å². The third-order valence-corrected chi connectivity index (χ3v) is 3.47. The summed E-state index contributed by atoms with van der Waals surface area (Å²) in [7, 11) is 2.09. The lowest BCUT2D eigenvalue weighted by atomic mass is 9.86. The second-order valence-electron chi connectivity index (χ2n) is 5.96. The van der Waals surface area contributed by atoms with Gasteiger partial charge in [0, 0.05) is 25.7 Å². The third kappa shape index (κ3) is 2.95. The van der Waals surface area contributed by atoms with Crippen molar-refractivity contribution in [2.45, 2.75) is 39.8 Å². The predicted octanol–water partition coefficient (Wildman–Crippen LogP) is 0.522. The zero-order valence-corrected chi connectivity index (χ0v) is 11.2. The van der Waals surface area contributed by atoms with Gasteiger partial charge in [-0.15, -0.1) is 0 Å². The SMILES string of the molecule is CC1CN(C(=O)C(N)C(C)(C)C)CCN1C. The fourth-order valence-corrected chi connectivity index (χ4v) is 1.82. The summed E-state index contributed by atoms with van der Waals surface area (Å²) in [6.45, 7) is 10.7. The first kappa shape index (κ1) is 13.5. The van der Waals surface area contributed by atoms with Gasteiger partial charge in [0.2, 0.25) is 5.91 Å². The zero-order chi connectivity index (χ0) is 12.5. The monoisotopic (exact) mass is 227 g/mol. The van der Waals surface area contributed by atoms with Crippen LogP contribution in [-0.4, -0.2) is 54.5 Å². The summed E-state index contributed by atoms with van der Waals surface area (Å²) in [6.07, 6.45) is 0. The van der Waals surface area contributed by atoms with Crippen LogP contribution in [0.3, 0.4) is 0 Å². The standard InChI is InChI=1S/C12H25N3O/c1-9-8-15(7-6-14(9)5)11(16)10(13)12(2,3)4/h9-10H,6-8,13H2,1-5H3. The van der Waals surface area contributed by atoms with Crippen molar-refractivity contribution in [1.29, 1.82) is 0 Å². The average Bonchev–Trinajstić information content (AvgIpc) is 2.18. The van der Waals surface area contributed by atoms with Crippen LogP contribution >= 0.6 is 0 Å². The van der Waals surface area contributed by atoms with Crippen LogP contribution in [0.15, 0.2) is 0 Å². The van der Waals surface area contributed by atoms with E-state index in [9.17, 15) is 4.79 Å². The van der Waals surface area contributed by atoms with Crippen molar-refractivity contribution in [2.24, 2.45) is 11.1 Å². The van der Waals surface area contributed by atoms with Crippen molar-refractivity contribution in [1.82, 2.24) is 9.80 Å². The van der Waals surface area contributed by atoms with Crippen LogP contribution in [0.4, 0.5) is 0 Å². The minimum Gasteiger partial charge on any atom is -0.338 e. The number of carbonyl (C=O) groups is 1. The molecular formula is C12H25N3O. The van der Waals surface area contributed by atoms with E-state index in [2.05, 4.69) is 18.9 Å². The van der Waals surface area contributed by atoms with E-state index in [-0.39, 0.29) is 11.3 Å². The lowest BCUT2D eigenvalue weighted by Gasteiger charge is -2.40. The second kappa shape index (κ2) is 4.72. The number of amides is 1. The smallest absolute Gasteiger partial charge is 0.240 e. The number of piperazine rings is 1. The molecule has 1 rings (SSSR count). The average molecular weight is 227 g/mol. The fraction of sp³-hybridized carbons (Fsp3) is 0.917. The molecule has 0 spiro atoms. The first-order chi connectivity index (χ1) is 7.23. The molecule has 1 heterocycles. The molecule has 4 nitrogen and oxygen atoms in total. The highest BCUT2D eigenvalue weighted by Gasteiger charge is 2.33. The van der Waals surface area contributed by atoms with Gasteiger partial charge in [0.25, 0.3) is 0 Å². The lowest BCUT2D eigenvalue weighted by Crippen LogP contribution is -2.58. The molecule has 0 aliphatic carbocycles. The van der Waals surface area contributed by atoms with E-state index in [1.54, 1.807) is 0 Å². The van der Waals surface area contributed by atoms with E-state index in [1.807, 2.05) is 25.7 Å². The summed E-state index contributed by atoms with van der Waals surface area (Å²) < 4.78 is 0. The molecule has 1 aliphatic rings. The molecule has 0 bridgehead atoms. The number of likely N-dealkylation sites (N-methyl/N-ethyl adjacent to an activating group) is 1. The van der Waals surface area contributed by atoms with Gasteiger partial charge in [0.1, 0.15) is 0 Å². The molecule has 0 radical (unpaired) electrons. The Bertz CT molecular complexity index is 259. The van der Waals surface area contributed by atoms with Gasteiger partial charge < -0.3 is 15.5 Å². The normalized spacial score (nSPS) is 25.6. The maximum absolute atomic E-state index is 12.2. The molecule has 0 aromatic carbocycles. The molecule has 1 amide bonds. The molecule has 16 heavy (non-hydrogen) atoms. The summed E-state index contributed by atoms with van der Waals surface area (Å²) in [6, 6.07) is 0.0213. The molecule has 0 aromatic heterocycles. The van der Waals surface area contributed by atoms with Gasteiger partial charge in [-0.3, -0.25) is 4.79 Å². The highest BCUT2D eigenvalue weighted by molar-refractivity contribution is 5.82. The van der Waals surface area contributed by atoms with E-state index in [0.717, 1.165) is 19.6 Å². The maximum atomic E-state index is 12.2. The van der Waals surface area contributed by atoms with Crippen LogP contribution in [-0.2, 0) is 4.79 Å². The van der Waals surface area contributed by atoms with Crippen molar-refractivity contribution in [3.05, 3.63) is 0 Å². The highest BCUT2D eigenvalue weighted by Crippen LogP contribution is 2.20. The zero-order valence-electron chi connectivity index (χ0n) is 11.2. The summed E-state index contributed by atoms with van der Waals surface area (Å²) in [5.41, 5.74) is 5.84. The Hall–Kier alpha value is -0.610. The van der Waals surface area contributed by atoms with Crippen LogP contribution in [0.25, 0.3) is 0 Å². The minimum absolute atomic E-state index is 0.0902. The van der Waals surface area contributed by atoms with Crippen LogP contribution in [0.5, 0.6) is 0 Å². The minimum atomic E-state index is -0.400. The van der Waals surface area contributed by atoms with Crippen molar-refractivity contribution < 1.29 is 4.79 Å². The number of nitrogens with zero attached hydrogens (tertiary/aromatic N) is 2. The van der Waals surface area contributed by atoms with Gasteiger partial charge in [0.15, 0.2) is 0 Å². The van der Waals surface area contributed by atoms with Crippen LogP contribution in [0, 0.1) is 5.41 Å². The third-order valence-electron chi connectivity index (χ3n) is 3.47. The van der Waals surface area contributed by atoms with Gasteiger partial charge in [-0.05, 0) is 19.4 Å². The van der Waals surface area contributed by atoms with Gasteiger partial charge in [-0.25, -0.2) is 0 Å². The number of hydrogen-bond acceptors (Lipinski definition) is 3. The molecule has 4 heteroatoms. The summed E-state index contributed by atoms with van der Waals surface area (Å²) >= 11 is 0. The predicted molar refractivity (Wildman–Crippen MR) is 66.1 cm³/mol. The van der Waals surface area contributed by atoms with Crippen LogP contribution < -0.4 is 5.73 Å². The molecule has 1 saturated heterocycles. The molecule has 94 valence electrons. The summed E-state index contributed by atoms with van der Waals surface area (Å²) in [5.74, 6) is 0.0902. The largest absolute Gasteiger partial charge is 0.338 e. The Kier molecular flexibility index (Phi) is 3.97. The molecular weight excluding hydrogens is 202 g/mol. The van der Waals surface area contributed by atoms with Gasteiger partial charge in [-0.1, -0.05) is 20.8 Å².